The predicted molar refractivity (Wildman–Crippen MR) is 61.9 cm³/mol. The first-order valence-electron chi connectivity index (χ1n) is 4.42. The van der Waals surface area contributed by atoms with Crippen molar-refractivity contribution < 1.29 is 9.90 Å². The van der Waals surface area contributed by atoms with Crippen LogP contribution < -0.4 is 11.1 Å². The molecule has 0 fully saturated rings. The van der Waals surface area contributed by atoms with Gasteiger partial charge in [0.25, 0.3) is 0 Å². The number of amides is 1. The largest absolute Gasteiger partial charge is 0.465 e. The fourth-order valence-corrected chi connectivity index (χ4v) is 1.36. The summed E-state index contributed by atoms with van der Waals surface area (Å²) in [5.74, 6) is 0. The minimum atomic E-state index is -1.12. The molecule has 0 aliphatic heterocycles. The van der Waals surface area contributed by atoms with Gasteiger partial charge in [0.1, 0.15) is 0 Å². The van der Waals surface area contributed by atoms with Gasteiger partial charge < -0.3 is 16.2 Å². The number of rotatable bonds is 4. The number of nitrogens with one attached hydrogen (secondary N) is 1. The van der Waals surface area contributed by atoms with Crippen LogP contribution in [-0.2, 0) is 6.42 Å². The maximum atomic E-state index is 10.5. The molecule has 4 nitrogen and oxygen atoms in total. The topological polar surface area (TPSA) is 75.3 Å². The van der Waals surface area contributed by atoms with E-state index in [1.54, 1.807) is 0 Å². The second-order valence-electron chi connectivity index (χ2n) is 3.09. The lowest BCUT2D eigenvalue weighted by molar-refractivity contribution is 0.192. The first-order chi connectivity index (χ1) is 7.09. The van der Waals surface area contributed by atoms with Gasteiger partial charge in [-0.05, 0) is 12.0 Å². The average molecular weight is 224 g/mol. The average Bonchev–Trinajstić information content (AvgIpc) is 2.17. The van der Waals surface area contributed by atoms with Crippen molar-refractivity contribution in [2.45, 2.75) is 12.5 Å². The van der Waals surface area contributed by atoms with Crippen LogP contribution in [0.4, 0.5) is 4.79 Å². The number of hydrogen-bond acceptors (Lipinski definition) is 2. The zero-order valence-corrected chi connectivity index (χ0v) is 8.83. The molecular weight excluding hydrogens is 212 g/mol. The van der Waals surface area contributed by atoms with Crippen LogP contribution in [0.5, 0.6) is 0 Å². The maximum Gasteiger partial charge on any atom is 0.405 e. The molecular formula is C10H12N2O2S. The molecule has 0 spiro atoms. The summed E-state index contributed by atoms with van der Waals surface area (Å²) in [6.45, 7) is 0. The van der Waals surface area contributed by atoms with Gasteiger partial charge in [0, 0.05) is 0 Å². The molecule has 0 aliphatic rings. The van der Waals surface area contributed by atoms with Gasteiger partial charge in [-0.25, -0.2) is 4.79 Å². The normalized spacial score (nSPS) is 11.7. The first kappa shape index (κ1) is 11.5. The van der Waals surface area contributed by atoms with Crippen LogP contribution in [0.1, 0.15) is 5.56 Å². The highest BCUT2D eigenvalue weighted by atomic mass is 32.1. The molecule has 0 aromatic heterocycles. The Labute approximate surface area is 93.1 Å². The lowest BCUT2D eigenvalue weighted by Crippen LogP contribution is -2.44. The Kier molecular flexibility index (Phi) is 4.05. The van der Waals surface area contributed by atoms with Crippen molar-refractivity contribution in [2.24, 2.45) is 5.73 Å². The van der Waals surface area contributed by atoms with Gasteiger partial charge in [-0.2, -0.15) is 0 Å². The number of thiocarbonyl (C=S) groups is 1. The van der Waals surface area contributed by atoms with Gasteiger partial charge in [0.15, 0.2) is 0 Å². The molecule has 5 heteroatoms. The van der Waals surface area contributed by atoms with E-state index in [2.05, 4.69) is 5.32 Å². The number of carbonyl (C=O) groups is 1. The quantitative estimate of drug-likeness (QED) is 0.671. The van der Waals surface area contributed by atoms with Crippen LogP contribution in [0.3, 0.4) is 0 Å². The molecule has 1 aromatic rings. The van der Waals surface area contributed by atoms with E-state index in [4.69, 9.17) is 23.1 Å². The Morgan fingerprint density at radius 2 is 2.07 bits per heavy atom. The molecule has 0 saturated carbocycles. The Bertz CT molecular complexity index is 354. The summed E-state index contributed by atoms with van der Waals surface area (Å²) in [6.07, 6.45) is -0.647. The molecule has 0 radical (unpaired) electrons. The fraction of sp³-hybridized carbons (Fsp3) is 0.200. The second-order valence-corrected chi connectivity index (χ2v) is 3.57. The molecule has 15 heavy (non-hydrogen) atoms. The molecule has 1 amide bonds. The SMILES string of the molecule is NC(=S)C(Cc1ccccc1)NC(=O)O. The molecule has 0 heterocycles. The highest BCUT2D eigenvalue weighted by Crippen LogP contribution is 2.03. The van der Waals surface area contributed by atoms with Crippen LogP contribution in [0.25, 0.3) is 0 Å². The van der Waals surface area contributed by atoms with E-state index < -0.39 is 12.1 Å². The summed E-state index contributed by atoms with van der Waals surface area (Å²) in [6, 6.07) is 8.94. The van der Waals surface area contributed by atoms with Crippen molar-refractivity contribution in [1.82, 2.24) is 5.32 Å². The molecule has 1 rings (SSSR count). The Balaban J connectivity index is 2.67. The van der Waals surface area contributed by atoms with E-state index in [-0.39, 0.29) is 4.99 Å². The third-order valence-electron chi connectivity index (χ3n) is 1.92. The highest BCUT2D eigenvalue weighted by molar-refractivity contribution is 7.80. The van der Waals surface area contributed by atoms with E-state index in [9.17, 15) is 4.79 Å². The first-order valence-corrected chi connectivity index (χ1v) is 4.83. The minimum Gasteiger partial charge on any atom is -0.465 e. The summed E-state index contributed by atoms with van der Waals surface area (Å²) >= 11 is 4.79. The van der Waals surface area contributed by atoms with Crippen molar-refractivity contribution in [3.63, 3.8) is 0 Å². The van der Waals surface area contributed by atoms with Crippen molar-refractivity contribution >= 4 is 23.3 Å². The van der Waals surface area contributed by atoms with Crippen molar-refractivity contribution in [3.8, 4) is 0 Å². The minimum absolute atomic E-state index is 0.154. The number of carboxylic acid groups (broad SMARTS) is 1. The smallest absolute Gasteiger partial charge is 0.405 e. The van der Waals surface area contributed by atoms with E-state index in [1.807, 2.05) is 30.3 Å². The molecule has 1 aromatic carbocycles. The molecule has 0 bridgehead atoms. The third-order valence-corrected chi connectivity index (χ3v) is 2.21. The van der Waals surface area contributed by atoms with Gasteiger partial charge in [0.05, 0.1) is 11.0 Å². The molecule has 0 saturated heterocycles. The summed E-state index contributed by atoms with van der Waals surface area (Å²) < 4.78 is 0. The van der Waals surface area contributed by atoms with E-state index >= 15 is 0 Å². The highest BCUT2D eigenvalue weighted by Gasteiger charge is 2.14. The van der Waals surface area contributed by atoms with E-state index in [0.717, 1.165) is 5.56 Å². The Morgan fingerprint density at radius 3 is 2.53 bits per heavy atom. The number of nitrogens with two attached hydrogens (primary N) is 1. The zero-order chi connectivity index (χ0) is 11.3. The van der Waals surface area contributed by atoms with Gasteiger partial charge in [-0.1, -0.05) is 42.5 Å². The monoisotopic (exact) mass is 224 g/mol. The predicted octanol–water partition coefficient (Wildman–Crippen LogP) is 1.15. The van der Waals surface area contributed by atoms with E-state index in [0.29, 0.717) is 6.42 Å². The van der Waals surface area contributed by atoms with Gasteiger partial charge in [0.2, 0.25) is 0 Å². The van der Waals surface area contributed by atoms with Gasteiger partial charge in [-0.3, -0.25) is 0 Å². The fourth-order valence-electron chi connectivity index (χ4n) is 1.22. The van der Waals surface area contributed by atoms with Crippen molar-refractivity contribution in [3.05, 3.63) is 35.9 Å². The standard InChI is InChI=1S/C10H12N2O2S/c11-9(15)8(12-10(13)14)6-7-4-2-1-3-5-7/h1-5,8,12H,6H2,(H2,11,15)(H,13,14). The van der Waals surface area contributed by atoms with Crippen LogP contribution in [0.15, 0.2) is 30.3 Å². The molecule has 1 atom stereocenters. The van der Waals surface area contributed by atoms with Crippen molar-refractivity contribution in [1.29, 1.82) is 0 Å². The summed E-state index contributed by atoms with van der Waals surface area (Å²) in [4.78, 5) is 10.6. The Hall–Kier alpha value is -1.62. The van der Waals surface area contributed by atoms with Crippen LogP contribution in [-0.4, -0.2) is 22.2 Å². The van der Waals surface area contributed by atoms with Crippen LogP contribution >= 0.6 is 12.2 Å². The lowest BCUT2D eigenvalue weighted by atomic mass is 10.1. The van der Waals surface area contributed by atoms with Gasteiger partial charge >= 0.3 is 6.09 Å². The third kappa shape index (κ3) is 3.95. The van der Waals surface area contributed by atoms with Crippen molar-refractivity contribution in [2.75, 3.05) is 0 Å². The van der Waals surface area contributed by atoms with Crippen LogP contribution in [0.2, 0.25) is 0 Å². The molecule has 80 valence electrons. The molecule has 0 aliphatic carbocycles. The summed E-state index contributed by atoms with van der Waals surface area (Å²) in [5.41, 5.74) is 6.43. The summed E-state index contributed by atoms with van der Waals surface area (Å²) in [5, 5.41) is 10.9. The molecule has 1 unspecified atom stereocenters. The maximum absolute atomic E-state index is 10.5. The Morgan fingerprint density at radius 1 is 1.47 bits per heavy atom. The van der Waals surface area contributed by atoms with Crippen LogP contribution in [0, 0.1) is 0 Å². The number of hydrogen-bond donors (Lipinski definition) is 3. The lowest BCUT2D eigenvalue weighted by Gasteiger charge is -2.15. The molecule has 4 N–H and O–H groups in total. The van der Waals surface area contributed by atoms with E-state index in [1.165, 1.54) is 0 Å². The van der Waals surface area contributed by atoms with Gasteiger partial charge in [-0.15, -0.1) is 0 Å². The zero-order valence-electron chi connectivity index (χ0n) is 8.01. The second kappa shape index (κ2) is 5.31. The number of benzene rings is 1. The summed E-state index contributed by atoms with van der Waals surface area (Å²) in [7, 11) is 0.